The van der Waals surface area contributed by atoms with Crippen LogP contribution in [0, 0.1) is 0 Å². The molecule has 0 aliphatic heterocycles. The molecule has 2 aromatic carbocycles. The normalized spacial score (nSPS) is 25.3. The molecule has 24 heavy (non-hydrogen) atoms. The molecular formula is C24H18. The molecule has 0 radical (unpaired) electrons. The van der Waals surface area contributed by atoms with E-state index in [4.69, 9.17) is 0 Å². The summed E-state index contributed by atoms with van der Waals surface area (Å²) in [5.74, 6) is 1.14. The van der Waals surface area contributed by atoms with Crippen molar-refractivity contribution in [3.63, 3.8) is 0 Å². The topological polar surface area (TPSA) is 0 Å². The maximum Gasteiger partial charge on any atom is 0.0136 e. The molecule has 2 aromatic rings. The lowest BCUT2D eigenvalue weighted by Crippen LogP contribution is -1.91. The van der Waals surface area contributed by atoms with Gasteiger partial charge in [-0.05, 0) is 57.4 Å². The molecule has 4 aliphatic rings. The van der Waals surface area contributed by atoms with Crippen molar-refractivity contribution >= 4 is 11.1 Å². The lowest BCUT2D eigenvalue weighted by molar-refractivity contribution is 0.882. The van der Waals surface area contributed by atoms with Crippen molar-refractivity contribution in [1.82, 2.24) is 0 Å². The van der Waals surface area contributed by atoms with Gasteiger partial charge in [0.05, 0.1) is 0 Å². The van der Waals surface area contributed by atoms with Crippen LogP contribution in [0.3, 0.4) is 0 Å². The Bertz CT molecular complexity index is 926. The van der Waals surface area contributed by atoms with Crippen LogP contribution in [-0.4, -0.2) is 0 Å². The molecule has 6 rings (SSSR count). The van der Waals surface area contributed by atoms with Crippen molar-refractivity contribution in [2.45, 2.75) is 24.7 Å². The highest BCUT2D eigenvalue weighted by molar-refractivity contribution is 6.14. The smallest absolute Gasteiger partial charge is 0.0136 e. The third-order valence-corrected chi connectivity index (χ3v) is 6.13. The van der Waals surface area contributed by atoms with E-state index in [1.165, 1.54) is 44.5 Å². The van der Waals surface area contributed by atoms with Crippen LogP contribution in [0.4, 0.5) is 0 Å². The standard InChI is InChI=1S/C24H18/c1-3-9-19-15(7-1)17-11-5-13-21(17)23(19)24-20-10-4-2-8-16(20)18-12-6-14-22(18)24/h1-10,13-14,17-18H,11-12H2. The van der Waals surface area contributed by atoms with Crippen molar-refractivity contribution in [2.24, 2.45) is 0 Å². The summed E-state index contributed by atoms with van der Waals surface area (Å²) >= 11 is 0. The van der Waals surface area contributed by atoms with E-state index in [1.807, 2.05) is 0 Å². The summed E-state index contributed by atoms with van der Waals surface area (Å²) in [6.07, 6.45) is 11.8. The largest absolute Gasteiger partial charge is 0.0833 e. The predicted molar refractivity (Wildman–Crippen MR) is 99.7 cm³/mol. The highest BCUT2D eigenvalue weighted by atomic mass is 14.4. The van der Waals surface area contributed by atoms with E-state index in [2.05, 4.69) is 72.8 Å². The average Bonchev–Trinajstić information content (AvgIpc) is 3.36. The second-order valence-corrected chi connectivity index (χ2v) is 7.22. The molecule has 0 heterocycles. The van der Waals surface area contributed by atoms with Crippen molar-refractivity contribution in [3.05, 3.63) is 106 Å². The van der Waals surface area contributed by atoms with Gasteiger partial charge in [0.2, 0.25) is 0 Å². The summed E-state index contributed by atoms with van der Waals surface area (Å²) in [4.78, 5) is 0. The maximum atomic E-state index is 2.38. The zero-order valence-electron chi connectivity index (χ0n) is 13.5. The number of hydrogen-bond acceptors (Lipinski definition) is 0. The number of allylic oxidation sites excluding steroid dienone is 8. The Balaban J connectivity index is 1.69. The van der Waals surface area contributed by atoms with E-state index in [0.29, 0.717) is 11.8 Å². The Morgan fingerprint density at radius 1 is 0.583 bits per heavy atom. The number of fused-ring (bicyclic) bond motifs is 6. The molecule has 0 aromatic heterocycles. The molecule has 0 bridgehead atoms. The van der Waals surface area contributed by atoms with Gasteiger partial charge in [0.1, 0.15) is 0 Å². The molecule has 0 spiro atoms. The second-order valence-electron chi connectivity index (χ2n) is 7.22. The van der Waals surface area contributed by atoms with Gasteiger partial charge >= 0.3 is 0 Å². The zero-order chi connectivity index (χ0) is 15.7. The molecule has 0 N–H and O–H groups in total. The minimum absolute atomic E-state index is 0.570. The van der Waals surface area contributed by atoms with Gasteiger partial charge in [-0.2, -0.15) is 0 Å². The van der Waals surface area contributed by atoms with E-state index >= 15 is 0 Å². The molecule has 114 valence electrons. The monoisotopic (exact) mass is 306 g/mol. The quantitative estimate of drug-likeness (QED) is 0.605. The first-order chi connectivity index (χ1) is 11.9. The van der Waals surface area contributed by atoms with Crippen LogP contribution in [0.1, 0.15) is 46.9 Å². The van der Waals surface area contributed by atoms with E-state index in [1.54, 1.807) is 0 Å². The van der Waals surface area contributed by atoms with Gasteiger partial charge in [0.15, 0.2) is 0 Å². The Hall–Kier alpha value is -2.60. The fourth-order valence-corrected chi connectivity index (χ4v) is 5.18. The summed E-state index contributed by atoms with van der Waals surface area (Å²) in [5.41, 5.74) is 12.0. The van der Waals surface area contributed by atoms with Gasteiger partial charge in [0, 0.05) is 11.8 Å². The first kappa shape index (κ1) is 12.8. The predicted octanol–water partition coefficient (Wildman–Crippen LogP) is 6.01. The Kier molecular flexibility index (Phi) is 2.38. The summed E-state index contributed by atoms with van der Waals surface area (Å²) in [5, 5.41) is 0. The van der Waals surface area contributed by atoms with Crippen LogP contribution < -0.4 is 0 Å². The Morgan fingerprint density at radius 2 is 1.04 bits per heavy atom. The summed E-state index contributed by atoms with van der Waals surface area (Å²) < 4.78 is 0. The van der Waals surface area contributed by atoms with Crippen LogP contribution in [0.2, 0.25) is 0 Å². The lowest BCUT2D eigenvalue weighted by atomic mass is 9.91. The second kappa shape index (κ2) is 4.48. The highest BCUT2D eigenvalue weighted by Crippen LogP contribution is 2.58. The minimum atomic E-state index is 0.570. The van der Waals surface area contributed by atoms with Gasteiger partial charge in [-0.25, -0.2) is 0 Å². The van der Waals surface area contributed by atoms with E-state index in [0.717, 1.165) is 12.8 Å². The fraction of sp³-hybridized carbons (Fsp3) is 0.167. The van der Waals surface area contributed by atoms with E-state index < -0.39 is 0 Å². The lowest BCUT2D eigenvalue weighted by Gasteiger charge is -2.12. The van der Waals surface area contributed by atoms with Crippen molar-refractivity contribution in [1.29, 1.82) is 0 Å². The average molecular weight is 306 g/mol. The minimum Gasteiger partial charge on any atom is -0.0833 e. The third kappa shape index (κ3) is 1.45. The molecular weight excluding hydrogens is 288 g/mol. The maximum absolute atomic E-state index is 2.38. The number of hydrogen-bond donors (Lipinski definition) is 0. The third-order valence-electron chi connectivity index (χ3n) is 6.13. The molecule has 0 saturated carbocycles. The molecule has 4 aliphatic carbocycles. The molecule has 2 unspecified atom stereocenters. The summed E-state index contributed by atoms with van der Waals surface area (Å²) in [7, 11) is 0. The summed E-state index contributed by atoms with van der Waals surface area (Å²) in [6.45, 7) is 0. The molecule has 0 amide bonds. The van der Waals surface area contributed by atoms with Crippen molar-refractivity contribution in [3.8, 4) is 0 Å². The number of benzene rings is 2. The molecule has 0 nitrogen and oxygen atoms in total. The van der Waals surface area contributed by atoms with E-state index in [-0.39, 0.29) is 0 Å². The first-order valence-corrected chi connectivity index (χ1v) is 8.94. The van der Waals surface area contributed by atoms with Crippen molar-refractivity contribution in [2.75, 3.05) is 0 Å². The van der Waals surface area contributed by atoms with Crippen LogP contribution in [-0.2, 0) is 0 Å². The Morgan fingerprint density at radius 3 is 1.54 bits per heavy atom. The van der Waals surface area contributed by atoms with Crippen LogP contribution in [0.15, 0.2) is 84.0 Å². The van der Waals surface area contributed by atoms with Gasteiger partial charge in [-0.15, -0.1) is 0 Å². The van der Waals surface area contributed by atoms with Crippen LogP contribution in [0.5, 0.6) is 0 Å². The first-order valence-electron chi connectivity index (χ1n) is 8.94. The Labute approximate surface area is 142 Å². The van der Waals surface area contributed by atoms with Gasteiger partial charge < -0.3 is 0 Å². The zero-order valence-corrected chi connectivity index (χ0v) is 13.5. The molecule has 2 atom stereocenters. The molecule has 0 heteroatoms. The highest BCUT2D eigenvalue weighted by Gasteiger charge is 2.39. The van der Waals surface area contributed by atoms with Crippen LogP contribution in [0.25, 0.3) is 11.1 Å². The molecule has 0 saturated heterocycles. The summed E-state index contributed by atoms with van der Waals surface area (Å²) in [6, 6.07) is 18.1. The van der Waals surface area contributed by atoms with Crippen LogP contribution >= 0.6 is 0 Å². The van der Waals surface area contributed by atoms with Gasteiger partial charge in [0.25, 0.3) is 0 Å². The number of rotatable bonds is 1. The van der Waals surface area contributed by atoms with E-state index in [9.17, 15) is 0 Å². The SMILES string of the molecule is C1=CC2=C(C3=C4C=CCC4c4ccccc43)c3ccccc3C2C1. The van der Waals surface area contributed by atoms with Gasteiger partial charge in [-0.1, -0.05) is 72.8 Å². The fourth-order valence-electron chi connectivity index (χ4n) is 5.18. The van der Waals surface area contributed by atoms with Crippen molar-refractivity contribution < 1.29 is 0 Å². The van der Waals surface area contributed by atoms with Gasteiger partial charge in [-0.3, -0.25) is 0 Å². The molecule has 0 fully saturated rings.